The van der Waals surface area contributed by atoms with E-state index in [0.717, 1.165) is 42.4 Å². The third kappa shape index (κ3) is 2.91. The molecule has 3 nitrogen and oxygen atoms in total. The van der Waals surface area contributed by atoms with Crippen LogP contribution in [-0.4, -0.2) is 21.0 Å². The van der Waals surface area contributed by atoms with Crippen LogP contribution in [0.5, 0.6) is 0 Å². The summed E-state index contributed by atoms with van der Waals surface area (Å²) in [5.41, 5.74) is 2.36. The Kier molecular flexibility index (Phi) is 4.26. The second kappa shape index (κ2) is 5.53. The zero-order chi connectivity index (χ0) is 12.4. The van der Waals surface area contributed by atoms with Crippen LogP contribution in [0.15, 0.2) is 4.47 Å². The molecular weight excluding hydrogens is 280 g/mol. The quantitative estimate of drug-likeness (QED) is 0.931. The molecule has 1 N–H and O–H groups in total. The fourth-order valence-electron chi connectivity index (χ4n) is 2.79. The van der Waals surface area contributed by atoms with Crippen LogP contribution in [0.1, 0.15) is 44.0 Å². The molecule has 0 amide bonds. The Morgan fingerprint density at radius 2 is 2.24 bits per heavy atom. The van der Waals surface area contributed by atoms with E-state index in [1.807, 2.05) is 6.92 Å². The van der Waals surface area contributed by atoms with Gasteiger partial charge in [0.1, 0.15) is 0 Å². The number of hydrogen-bond acceptors (Lipinski definition) is 2. The zero-order valence-corrected chi connectivity index (χ0v) is 12.2. The van der Waals surface area contributed by atoms with E-state index in [9.17, 15) is 5.11 Å². The summed E-state index contributed by atoms with van der Waals surface area (Å²) in [6, 6.07) is 0. The van der Waals surface area contributed by atoms with Crippen LogP contribution in [0.3, 0.4) is 0 Å². The van der Waals surface area contributed by atoms with Gasteiger partial charge in [-0.2, -0.15) is 5.10 Å². The average Bonchev–Trinajstić information content (AvgIpc) is 2.57. The lowest BCUT2D eigenvalue weighted by Crippen LogP contribution is -2.22. The van der Waals surface area contributed by atoms with E-state index in [0.29, 0.717) is 5.92 Å². The molecule has 4 heteroatoms. The van der Waals surface area contributed by atoms with Gasteiger partial charge in [-0.3, -0.25) is 4.68 Å². The Morgan fingerprint density at radius 3 is 2.88 bits per heavy atom. The van der Waals surface area contributed by atoms with Crippen molar-refractivity contribution in [2.45, 2.75) is 58.6 Å². The number of hydrogen-bond donors (Lipinski definition) is 1. The van der Waals surface area contributed by atoms with Crippen LogP contribution in [0, 0.1) is 12.8 Å². The molecule has 2 rings (SSSR count). The van der Waals surface area contributed by atoms with E-state index in [4.69, 9.17) is 0 Å². The van der Waals surface area contributed by atoms with E-state index < -0.39 is 0 Å². The summed E-state index contributed by atoms with van der Waals surface area (Å²) in [6.07, 6.45) is 5.25. The number of aliphatic hydroxyl groups excluding tert-OH is 1. The van der Waals surface area contributed by atoms with Crippen molar-refractivity contribution in [1.82, 2.24) is 9.78 Å². The number of aliphatic hydroxyl groups is 1. The lowest BCUT2D eigenvalue weighted by Gasteiger charge is -2.26. The molecule has 1 aliphatic carbocycles. The molecule has 2 unspecified atom stereocenters. The molecule has 0 aromatic carbocycles. The highest BCUT2D eigenvalue weighted by molar-refractivity contribution is 9.10. The summed E-state index contributed by atoms with van der Waals surface area (Å²) in [4.78, 5) is 0. The molecule has 1 saturated carbocycles. The summed E-state index contributed by atoms with van der Waals surface area (Å²) >= 11 is 3.64. The van der Waals surface area contributed by atoms with Gasteiger partial charge in [-0.05, 0) is 61.4 Å². The lowest BCUT2D eigenvalue weighted by atomic mass is 9.84. The summed E-state index contributed by atoms with van der Waals surface area (Å²) in [5, 5.41) is 14.2. The predicted octanol–water partition coefficient (Wildman–Crippen LogP) is 3.07. The Bertz CT molecular complexity index is 389. The molecule has 1 fully saturated rings. The molecule has 0 saturated heterocycles. The van der Waals surface area contributed by atoms with Crippen molar-refractivity contribution in [1.29, 1.82) is 0 Å². The molecule has 96 valence electrons. The van der Waals surface area contributed by atoms with Gasteiger partial charge >= 0.3 is 0 Å². The van der Waals surface area contributed by atoms with Crippen LogP contribution in [-0.2, 0) is 13.0 Å². The Labute approximate surface area is 111 Å². The molecular formula is C13H21BrN2O. The fraction of sp³-hybridized carbons (Fsp3) is 0.769. The normalized spacial score (nSPS) is 25.2. The zero-order valence-electron chi connectivity index (χ0n) is 10.6. The van der Waals surface area contributed by atoms with Crippen molar-refractivity contribution in [3.8, 4) is 0 Å². The molecule has 0 aliphatic heterocycles. The molecule has 1 aromatic heterocycles. The summed E-state index contributed by atoms with van der Waals surface area (Å²) in [6.45, 7) is 5.07. The smallest absolute Gasteiger partial charge is 0.0738 e. The maximum atomic E-state index is 9.72. The van der Waals surface area contributed by atoms with E-state index in [-0.39, 0.29) is 6.10 Å². The molecule has 1 aromatic rings. The second-order valence-electron chi connectivity index (χ2n) is 5.05. The first-order valence-corrected chi connectivity index (χ1v) is 7.31. The molecule has 0 spiro atoms. The molecule has 1 heterocycles. The van der Waals surface area contributed by atoms with Gasteiger partial charge in [0.05, 0.1) is 22.0 Å². The van der Waals surface area contributed by atoms with Crippen molar-refractivity contribution in [2.75, 3.05) is 0 Å². The summed E-state index contributed by atoms with van der Waals surface area (Å²) in [7, 11) is 0. The van der Waals surface area contributed by atoms with Crippen molar-refractivity contribution in [2.24, 2.45) is 5.92 Å². The van der Waals surface area contributed by atoms with Gasteiger partial charge in [-0.25, -0.2) is 0 Å². The first-order chi connectivity index (χ1) is 8.11. The fourth-order valence-corrected chi connectivity index (χ4v) is 3.23. The number of aryl methyl sites for hydroxylation is 2. The molecule has 2 atom stereocenters. The summed E-state index contributed by atoms with van der Waals surface area (Å²) in [5.74, 6) is 0.608. The summed E-state index contributed by atoms with van der Waals surface area (Å²) < 4.78 is 3.24. The minimum Gasteiger partial charge on any atom is -0.393 e. The minimum atomic E-state index is -0.0911. The van der Waals surface area contributed by atoms with Crippen LogP contribution < -0.4 is 0 Å². The third-order valence-corrected chi connectivity index (χ3v) is 4.72. The van der Waals surface area contributed by atoms with Gasteiger partial charge in [0, 0.05) is 6.54 Å². The maximum absolute atomic E-state index is 9.72. The van der Waals surface area contributed by atoms with E-state index in [2.05, 4.69) is 32.6 Å². The average molecular weight is 301 g/mol. The van der Waals surface area contributed by atoms with Gasteiger partial charge in [0.15, 0.2) is 0 Å². The Morgan fingerprint density at radius 1 is 1.47 bits per heavy atom. The van der Waals surface area contributed by atoms with Gasteiger partial charge in [-0.15, -0.1) is 0 Å². The molecule has 0 bridgehead atoms. The third-order valence-electron chi connectivity index (χ3n) is 3.69. The van der Waals surface area contributed by atoms with Crippen LogP contribution in [0.25, 0.3) is 0 Å². The topological polar surface area (TPSA) is 38.0 Å². The second-order valence-corrected chi connectivity index (χ2v) is 5.85. The molecule has 17 heavy (non-hydrogen) atoms. The first-order valence-electron chi connectivity index (χ1n) is 6.51. The van der Waals surface area contributed by atoms with Gasteiger partial charge in [0.25, 0.3) is 0 Å². The van der Waals surface area contributed by atoms with Gasteiger partial charge in [0.2, 0.25) is 0 Å². The van der Waals surface area contributed by atoms with Crippen molar-refractivity contribution in [3.63, 3.8) is 0 Å². The lowest BCUT2D eigenvalue weighted by molar-refractivity contribution is 0.100. The van der Waals surface area contributed by atoms with Crippen molar-refractivity contribution in [3.05, 3.63) is 15.9 Å². The molecule has 0 radical (unpaired) electrons. The largest absolute Gasteiger partial charge is 0.393 e. The minimum absolute atomic E-state index is 0.0911. The molecule has 1 aliphatic rings. The number of halogens is 1. The van der Waals surface area contributed by atoms with Gasteiger partial charge in [-0.1, -0.05) is 6.42 Å². The van der Waals surface area contributed by atoms with Crippen molar-refractivity contribution < 1.29 is 5.11 Å². The van der Waals surface area contributed by atoms with E-state index in [1.165, 1.54) is 12.1 Å². The van der Waals surface area contributed by atoms with E-state index >= 15 is 0 Å². The SMILES string of the molecule is CCn1nc(C)c(Br)c1CC1CCCC(O)C1. The highest BCUT2D eigenvalue weighted by atomic mass is 79.9. The Hall–Kier alpha value is -0.350. The highest BCUT2D eigenvalue weighted by Gasteiger charge is 2.23. The van der Waals surface area contributed by atoms with Crippen LogP contribution >= 0.6 is 15.9 Å². The monoisotopic (exact) mass is 300 g/mol. The number of rotatable bonds is 3. The number of nitrogens with zero attached hydrogens (tertiary/aromatic N) is 2. The Balaban J connectivity index is 2.12. The predicted molar refractivity (Wildman–Crippen MR) is 72.0 cm³/mol. The van der Waals surface area contributed by atoms with Crippen LogP contribution in [0.4, 0.5) is 0 Å². The van der Waals surface area contributed by atoms with E-state index in [1.54, 1.807) is 0 Å². The van der Waals surface area contributed by atoms with Crippen LogP contribution in [0.2, 0.25) is 0 Å². The number of aromatic nitrogens is 2. The van der Waals surface area contributed by atoms with Gasteiger partial charge < -0.3 is 5.11 Å². The highest BCUT2D eigenvalue weighted by Crippen LogP contribution is 2.30. The maximum Gasteiger partial charge on any atom is 0.0738 e. The first kappa shape index (κ1) is 13.1. The van der Waals surface area contributed by atoms with Crippen molar-refractivity contribution >= 4 is 15.9 Å². The standard InChI is InChI=1S/C13H21BrN2O/c1-3-16-12(13(14)9(2)15-16)8-10-5-4-6-11(17)7-10/h10-11,17H,3-8H2,1-2H3.